The van der Waals surface area contributed by atoms with Crippen LogP contribution in [0.15, 0.2) is 21.3 Å². The van der Waals surface area contributed by atoms with Crippen LogP contribution in [0.25, 0.3) is 9.88 Å². The van der Waals surface area contributed by atoms with Crippen molar-refractivity contribution in [2.75, 3.05) is 13.6 Å². The molecule has 2 heterocycles. The Bertz CT molecular complexity index is 606. The number of carbonyl (C=O) groups is 1. The Labute approximate surface area is 159 Å². The third kappa shape index (κ3) is 5.47. The maximum absolute atomic E-state index is 12.1. The van der Waals surface area contributed by atoms with Gasteiger partial charge in [0.1, 0.15) is 5.01 Å². The summed E-state index contributed by atoms with van der Waals surface area (Å²) in [6.07, 6.45) is 0.323. The van der Waals surface area contributed by atoms with Crippen molar-refractivity contribution in [3.8, 4) is 9.88 Å². The van der Waals surface area contributed by atoms with E-state index in [9.17, 15) is 4.79 Å². The predicted octanol–water partition coefficient (Wildman–Crippen LogP) is 3.83. The molecule has 0 radical (unpaired) electrons. The van der Waals surface area contributed by atoms with Crippen LogP contribution in [-0.4, -0.2) is 35.4 Å². The molecular formula is C13H18BrCl2N3OS2. The lowest BCUT2D eigenvalue weighted by molar-refractivity contribution is -0.130. The monoisotopic (exact) mass is 445 g/mol. The van der Waals surface area contributed by atoms with Gasteiger partial charge in [-0.25, -0.2) is 4.98 Å². The van der Waals surface area contributed by atoms with E-state index in [1.807, 2.05) is 23.8 Å². The van der Waals surface area contributed by atoms with Crippen LogP contribution < -0.4 is 5.73 Å². The van der Waals surface area contributed by atoms with Gasteiger partial charge in [-0.3, -0.25) is 4.79 Å². The Hall–Kier alpha value is -0.180. The molecule has 22 heavy (non-hydrogen) atoms. The van der Waals surface area contributed by atoms with Crippen molar-refractivity contribution in [3.05, 3.63) is 27.0 Å². The zero-order chi connectivity index (χ0) is 14.7. The van der Waals surface area contributed by atoms with Gasteiger partial charge in [0.25, 0.3) is 0 Å². The van der Waals surface area contributed by atoms with Crippen molar-refractivity contribution in [2.24, 2.45) is 5.73 Å². The van der Waals surface area contributed by atoms with Crippen LogP contribution in [0.5, 0.6) is 0 Å². The third-order valence-corrected chi connectivity index (χ3v) is 5.81. The van der Waals surface area contributed by atoms with Gasteiger partial charge in [-0.2, -0.15) is 0 Å². The molecule has 0 bridgehead atoms. The van der Waals surface area contributed by atoms with Gasteiger partial charge >= 0.3 is 0 Å². The molecule has 2 rings (SSSR count). The molecule has 0 aliphatic carbocycles. The van der Waals surface area contributed by atoms with Crippen LogP contribution in [0, 0.1) is 0 Å². The molecule has 0 fully saturated rings. The molecule has 0 aliphatic rings. The fourth-order valence-corrected chi connectivity index (χ4v) is 3.94. The fraction of sp³-hybridized carbons (Fsp3) is 0.385. The van der Waals surface area contributed by atoms with Gasteiger partial charge < -0.3 is 10.6 Å². The van der Waals surface area contributed by atoms with E-state index < -0.39 is 0 Å². The second-order valence-corrected chi connectivity index (χ2v) is 7.22. The predicted molar refractivity (Wildman–Crippen MR) is 103 cm³/mol. The summed E-state index contributed by atoms with van der Waals surface area (Å²) in [5.74, 6) is 0.0483. The first-order valence-electron chi connectivity index (χ1n) is 6.15. The molecular weight excluding hydrogens is 429 g/mol. The number of nitrogens with two attached hydrogens (primary N) is 1. The second-order valence-electron chi connectivity index (χ2n) is 4.54. The van der Waals surface area contributed by atoms with Gasteiger partial charge in [-0.05, 0) is 28.9 Å². The number of rotatable bonds is 5. The smallest absolute Gasteiger partial charge is 0.228 e. The summed E-state index contributed by atoms with van der Waals surface area (Å²) in [6.45, 7) is 2.40. The molecule has 0 spiro atoms. The highest BCUT2D eigenvalue weighted by molar-refractivity contribution is 9.10. The quantitative estimate of drug-likeness (QED) is 0.759. The zero-order valence-corrected chi connectivity index (χ0v) is 17.0. The van der Waals surface area contributed by atoms with Gasteiger partial charge in [0.05, 0.1) is 17.0 Å². The van der Waals surface area contributed by atoms with E-state index in [2.05, 4.69) is 20.9 Å². The normalized spacial score (nSPS) is 11.3. The van der Waals surface area contributed by atoms with E-state index >= 15 is 0 Å². The third-order valence-electron chi connectivity index (χ3n) is 3.06. The molecule has 9 heteroatoms. The van der Waals surface area contributed by atoms with Crippen molar-refractivity contribution in [1.29, 1.82) is 0 Å². The molecule has 0 aromatic carbocycles. The van der Waals surface area contributed by atoms with Crippen LogP contribution in [0.3, 0.4) is 0 Å². The maximum Gasteiger partial charge on any atom is 0.228 e. The molecule has 0 aliphatic heterocycles. The lowest BCUT2D eigenvalue weighted by atomic mass is 10.2. The van der Waals surface area contributed by atoms with Gasteiger partial charge in [0.15, 0.2) is 0 Å². The Morgan fingerprint density at radius 3 is 2.64 bits per heavy atom. The topological polar surface area (TPSA) is 59.2 Å². The molecule has 1 unspecified atom stereocenters. The summed E-state index contributed by atoms with van der Waals surface area (Å²) in [4.78, 5) is 19.4. The first kappa shape index (κ1) is 21.8. The number of halogens is 3. The molecule has 4 nitrogen and oxygen atoms in total. The number of nitrogens with zero attached hydrogens (tertiary/aromatic N) is 2. The molecule has 2 aromatic rings. The van der Waals surface area contributed by atoms with E-state index in [-0.39, 0.29) is 36.8 Å². The Balaban J connectivity index is 0.00000220. The average Bonchev–Trinajstić information content (AvgIpc) is 3.05. The number of carbonyl (C=O) groups excluding carboxylic acids is 1. The van der Waals surface area contributed by atoms with Crippen LogP contribution in [0.4, 0.5) is 0 Å². The molecule has 1 atom stereocenters. The van der Waals surface area contributed by atoms with E-state index in [0.717, 1.165) is 20.1 Å². The lowest BCUT2D eigenvalue weighted by Gasteiger charge is -2.23. The highest BCUT2D eigenvalue weighted by atomic mass is 79.9. The molecule has 124 valence electrons. The number of hydrogen-bond acceptors (Lipinski definition) is 5. The summed E-state index contributed by atoms with van der Waals surface area (Å²) in [5, 5.41) is 4.93. The number of amides is 1. The van der Waals surface area contributed by atoms with Crippen molar-refractivity contribution >= 4 is 69.3 Å². The summed E-state index contributed by atoms with van der Waals surface area (Å²) in [5.41, 5.74) is 6.39. The Kier molecular flexibility index (Phi) is 9.77. The van der Waals surface area contributed by atoms with E-state index in [0.29, 0.717) is 13.0 Å². The highest BCUT2D eigenvalue weighted by Gasteiger charge is 2.16. The summed E-state index contributed by atoms with van der Waals surface area (Å²) < 4.78 is 1.06. The van der Waals surface area contributed by atoms with Crippen LogP contribution >= 0.6 is 63.4 Å². The summed E-state index contributed by atoms with van der Waals surface area (Å²) in [6, 6.07) is 2.09. The molecule has 1 amide bonds. The van der Waals surface area contributed by atoms with Crippen molar-refractivity contribution in [2.45, 2.75) is 19.4 Å². The van der Waals surface area contributed by atoms with Crippen molar-refractivity contribution < 1.29 is 4.79 Å². The standard InChI is InChI=1S/C13H16BrN3OS2.2ClH/c1-8(5-15)17(2)12(18)4-10-7-20-13(16-10)11-3-9(14)6-19-11;;/h3,6-8H,4-5,15H2,1-2H3;2*1H. The molecule has 2 N–H and O–H groups in total. The Morgan fingerprint density at radius 2 is 2.09 bits per heavy atom. The SMILES string of the molecule is CC(CN)N(C)C(=O)Cc1csc(-c2cc(Br)cs2)n1.Cl.Cl. The number of aromatic nitrogens is 1. The average molecular weight is 447 g/mol. The minimum absolute atomic E-state index is 0. The van der Waals surface area contributed by atoms with E-state index in [1.54, 1.807) is 34.6 Å². The zero-order valence-electron chi connectivity index (χ0n) is 12.1. The first-order valence-corrected chi connectivity index (χ1v) is 8.71. The van der Waals surface area contributed by atoms with E-state index in [1.165, 1.54) is 0 Å². The van der Waals surface area contributed by atoms with Crippen LogP contribution in [0.1, 0.15) is 12.6 Å². The minimum atomic E-state index is 0. The minimum Gasteiger partial charge on any atom is -0.341 e. The summed E-state index contributed by atoms with van der Waals surface area (Å²) in [7, 11) is 1.78. The highest BCUT2D eigenvalue weighted by Crippen LogP contribution is 2.32. The largest absolute Gasteiger partial charge is 0.341 e. The molecule has 2 aromatic heterocycles. The number of likely N-dealkylation sites (N-methyl/N-ethyl adjacent to an activating group) is 1. The molecule has 0 saturated carbocycles. The first-order chi connectivity index (χ1) is 9.51. The second kappa shape index (κ2) is 9.85. The fourth-order valence-electron chi connectivity index (χ4n) is 1.61. The molecule has 0 saturated heterocycles. The number of thiophene rings is 1. The van der Waals surface area contributed by atoms with Gasteiger partial charge in [-0.15, -0.1) is 47.5 Å². The van der Waals surface area contributed by atoms with Gasteiger partial charge in [0.2, 0.25) is 5.91 Å². The maximum atomic E-state index is 12.1. The van der Waals surface area contributed by atoms with Gasteiger partial charge in [-0.1, -0.05) is 0 Å². The number of thiazole rings is 1. The van der Waals surface area contributed by atoms with Crippen molar-refractivity contribution in [3.63, 3.8) is 0 Å². The lowest BCUT2D eigenvalue weighted by Crippen LogP contribution is -2.40. The van der Waals surface area contributed by atoms with Crippen LogP contribution in [0.2, 0.25) is 0 Å². The van der Waals surface area contributed by atoms with Gasteiger partial charge in [0, 0.05) is 34.9 Å². The van der Waals surface area contributed by atoms with Crippen molar-refractivity contribution in [1.82, 2.24) is 9.88 Å². The van der Waals surface area contributed by atoms with E-state index in [4.69, 9.17) is 5.73 Å². The number of hydrogen-bond donors (Lipinski definition) is 1. The summed E-state index contributed by atoms with van der Waals surface area (Å²) >= 11 is 6.64. The Morgan fingerprint density at radius 1 is 1.41 bits per heavy atom. The van der Waals surface area contributed by atoms with Crippen LogP contribution in [-0.2, 0) is 11.2 Å².